The topological polar surface area (TPSA) is 61.4 Å². The molecule has 1 aliphatic carbocycles. The highest BCUT2D eigenvalue weighted by atomic mass is 19.1. The van der Waals surface area contributed by atoms with Crippen molar-refractivity contribution in [3.05, 3.63) is 64.6 Å². The maximum atomic E-state index is 13.5. The molecule has 3 heterocycles. The Kier molecular flexibility index (Phi) is 5.06. The molecular weight excluding hydrogens is 395 g/mol. The van der Waals surface area contributed by atoms with E-state index in [9.17, 15) is 9.18 Å². The Hall–Kier alpha value is -3.06. The van der Waals surface area contributed by atoms with Gasteiger partial charge in [-0.2, -0.15) is 5.10 Å². The zero-order chi connectivity index (χ0) is 21.5. The summed E-state index contributed by atoms with van der Waals surface area (Å²) < 4.78 is 22.4. The Morgan fingerprint density at radius 3 is 2.68 bits per heavy atom. The van der Waals surface area contributed by atoms with E-state index in [2.05, 4.69) is 11.9 Å². The molecule has 5 rings (SSSR count). The average molecular weight is 420 g/mol. The van der Waals surface area contributed by atoms with E-state index in [1.54, 1.807) is 30.0 Å². The lowest BCUT2D eigenvalue weighted by atomic mass is 9.85. The zero-order valence-electron chi connectivity index (χ0n) is 17.7. The summed E-state index contributed by atoms with van der Waals surface area (Å²) in [6.07, 6.45) is 8.08. The second-order valence-electron chi connectivity index (χ2n) is 8.41. The highest BCUT2D eigenvalue weighted by Gasteiger charge is 2.25. The third-order valence-electron chi connectivity index (χ3n) is 6.45. The number of hydrogen-bond donors (Lipinski definition) is 0. The van der Waals surface area contributed by atoms with Crippen molar-refractivity contribution in [2.24, 2.45) is 5.92 Å². The Balaban J connectivity index is 1.71. The van der Waals surface area contributed by atoms with Crippen LogP contribution in [-0.2, 0) is 11.3 Å². The fourth-order valence-electron chi connectivity index (χ4n) is 4.85. The monoisotopic (exact) mass is 420 g/mol. The second kappa shape index (κ2) is 7.89. The Bertz CT molecular complexity index is 1310. The van der Waals surface area contributed by atoms with Crippen LogP contribution in [0.1, 0.15) is 44.3 Å². The van der Waals surface area contributed by atoms with Crippen LogP contribution in [0, 0.1) is 11.7 Å². The normalized spacial score (nSPS) is 19.3. The molecule has 31 heavy (non-hydrogen) atoms. The molecule has 0 aliphatic heterocycles. The van der Waals surface area contributed by atoms with Crippen LogP contribution >= 0.6 is 0 Å². The van der Waals surface area contributed by atoms with Crippen molar-refractivity contribution in [2.45, 2.75) is 45.3 Å². The molecule has 4 aromatic rings. The predicted octanol–water partition coefficient (Wildman–Crippen LogP) is 4.75. The molecule has 7 heteroatoms. The smallest absolute Gasteiger partial charge is 0.261 e. The summed E-state index contributed by atoms with van der Waals surface area (Å²) in [6, 6.07) is 8.42. The number of methoxy groups -OCH3 is 1. The van der Waals surface area contributed by atoms with Gasteiger partial charge >= 0.3 is 0 Å². The molecule has 1 aliphatic rings. The molecule has 0 spiro atoms. The minimum Gasteiger partial charge on any atom is -0.378 e. The molecule has 6 nitrogen and oxygen atoms in total. The minimum atomic E-state index is -0.301. The number of ether oxygens (including phenoxy) is 1. The van der Waals surface area contributed by atoms with Crippen LogP contribution in [-0.4, -0.2) is 26.3 Å². The summed E-state index contributed by atoms with van der Waals surface area (Å²) in [5.74, 6) is 0.174. The summed E-state index contributed by atoms with van der Waals surface area (Å²) in [5, 5.41) is 5.26. The first-order valence-corrected chi connectivity index (χ1v) is 10.7. The van der Waals surface area contributed by atoms with Crippen LogP contribution in [0.25, 0.3) is 27.7 Å². The SMILES string of the molecule is COCc1nn2c(ncc3c(=O)n([C@H]4CCCC[C@H]4C)ccc32)c1-c1ccc(F)cc1. The molecule has 3 aromatic heterocycles. The average Bonchev–Trinajstić information content (AvgIpc) is 3.14. The summed E-state index contributed by atoms with van der Waals surface area (Å²) in [6.45, 7) is 2.51. The predicted molar refractivity (Wildman–Crippen MR) is 118 cm³/mol. The van der Waals surface area contributed by atoms with E-state index in [1.165, 1.54) is 18.6 Å². The van der Waals surface area contributed by atoms with Crippen LogP contribution in [0.4, 0.5) is 4.39 Å². The largest absolute Gasteiger partial charge is 0.378 e. The highest BCUT2D eigenvalue weighted by molar-refractivity contribution is 5.86. The molecule has 1 fully saturated rings. The van der Waals surface area contributed by atoms with Crippen molar-refractivity contribution in [3.63, 3.8) is 0 Å². The molecule has 0 N–H and O–H groups in total. The van der Waals surface area contributed by atoms with E-state index >= 15 is 0 Å². The van der Waals surface area contributed by atoms with Crippen LogP contribution in [0.2, 0.25) is 0 Å². The van der Waals surface area contributed by atoms with Crippen molar-refractivity contribution in [1.82, 2.24) is 19.2 Å². The summed E-state index contributed by atoms with van der Waals surface area (Å²) in [5.41, 5.74) is 3.58. The van der Waals surface area contributed by atoms with Crippen LogP contribution in [0.15, 0.2) is 47.5 Å². The van der Waals surface area contributed by atoms with Gasteiger partial charge in [0.15, 0.2) is 5.65 Å². The molecule has 2 atom stereocenters. The fraction of sp³-hybridized carbons (Fsp3) is 0.375. The lowest BCUT2D eigenvalue weighted by Crippen LogP contribution is -2.30. The van der Waals surface area contributed by atoms with Crippen LogP contribution in [0.5, 0.6) is 0 Å². The summed E-state index contributed by atoms with van der Waals surface area (Å²) in [4.78, 5) is 18.0. The summed E-state index contributed by atoms with van der Waals surface area (Å²) >= 11 is 0. The number of nitrogens with zero attached hydrogens (tertiary/aromatic N) is 4. The number of pyridine rings is 1. The van der Waals surface area contributed by atoms with Gasteiger partial charge < -0.3 is 9.30 Å². The maximum Gasteiger partial charge on any atom is 0.261 e. The number of aromatic nitrogens is 4. The van der Waals surface area contributed by atoms with Gasteiger partial charge in [-0.25, -0.2) is 13.9 Å². The van der Waals surface area contributed by atoms with Crippen molar-refractivity contribution in [2.75, 3.05) is 7.11 Å². The molecule has 160 valence electrons. The lowest BCUT2D eigenvalue weighted by molar-refractivity contribution is 0.181. The van der Waals surface area contributed by atoms with Gasteiger partial charge in [-0.1, -0.05) is 31.9 Å². The van der Waals surface area contributed by atoms with Crippen LogP contribution in [0.3, 0.4) is 0 Å². The van der Waals surface area contributed by atoms with Gasteiger partial charge in [0.2, 0.25) is 0 Å². The third kappa shape index (κ3) is 3.33. The van der Waals surface area contributed by atoms with E-state index in [0.717, 1.165) is 30.4 Å². The molecule has 0 amide bonds. The molecule has 1 aromatic carbocycles. The Morgan fingerprint density at radius 2 is 1.94 bits per heavy atom. The molecule has 0 unspecified atom stereocenters. The van der Waals surface area contributed by atoms with E-state index in [1.807, 2.05) is 16.8 Å². The fourth-order valence-corrected chi connectivity index (χ4v) is 4.85. The van der Waals surface area contributed by atoms with Gasteiger partial charge in [0.05, 0.1) is 28.8 Å². The maximum absolute atomic E-state index is 13.5. The summed E-state index contributed by atoms with van der Waals surface area (Å²) in [7, 11) is 1.61. The van der Waals surface area contributed by atoms with Crippen molar-refractivity contribution in [3.8, 4) is 11.1 Å². The van der Waals surface area contributed by atoms with Gasteiger partial charge in [0.1, 0.15) is 5.82 Å². The number of benzene rings is 1. The second-order valence-corrected chi connectivity index (χ2v) is 8.41. The van der Waals surface area contributed by atoms with E-state index < -0.39 is 0 Å². The Morgan fingerprint density at radius 1 is 1.16 bits per heavy atom. The number of fused-ring (bicyclic) bond motifs is 3. The van der Waals surface area contributed by atoms with Gasteiger partial charge in [0.25, 0.3) is 5.56 Å². The first-order chi connectivity index (χ1) is 15.1. The first-order valence-electron chi connectivity index (χ1n) is 10.7. The van der Waals surface area contributed by atoms with Crippen molar-refractivity contribution in [1.29, 1.82) is 0 Å². The third-order valence-corrected chi connectivity index (χ3v) is 6.45. The number of halogens is 1. The minimum absolute atomic E-state index is 0.0298. The van der Waals surface area contributed by atoms with E-state index in [0.29, 0.717) is 28.2 Å². The molecule has 0 bridgehead atoms. The first kappa shape index (κ1) is 19.9. The van der Waals surface area contributed by atoms with Crippen molar-refractivity contribution >= 4 is 16.6 Å². The van der Waals surface area contributed by atoms with Gasteiger partial charge in [-0.3, -0.25) is 4.79 Å². The lowest BCUT2D eigenvalue weighted by Gasteiger charge is -2.30. The zero-order valence-corrected chi connectivity index (χ0v) is 17.7. The van der Waals surface area contributed by atoms with E-state index in [-0.39, 0.29) is 24.0 Å². The Labute approximate surface area is 179 Å². The molecule has 1 saturated carbocycles. The highest BCUT2D eigenvalue weighted by Crippen LogP contribution is 2.33. The van der Waals surface area contributed by atoms with Gasteiger partial charge in [0, 0.05) is 25.5 Å². The van der Waals surface area contributed by atoms with Crippen molar-refractivity contribution < 1.29 is 9.13 Å². The molecule has 0 saturated heterocycles. The van der Waals surface area contributed by atoms with Crippen LogP contribution < -0.4 is 5.56 Å². The standard InChI is InChI=1S/C24H25FN4O2/c1-15-5-3-4-6-20(15)28-12-11-21-18(24(28)30)13-26-23-22(16-7-9-17(25)10-8-16)19(14-31-2)27-29(21)23/h7-13,15,20H,3-6,14H2,1-2H3/t15-,20+/m1/s1. The van der Waals surface area contributed by atoms with Gasteiger partial charge in [-0.15, -0.1) is 0 Å². The molecule has 0 radical (unpaired) electrons. The molecular formula is C24H25FN4O2. The van der Waals surface area contributed by atoms with E-state index in [4.69, 9.17) is 9.84 Å². The number of hydrogen-bond acceptors (Lipinski definition) is 4. The van der Waals surface area contributed by atoms with Gasteiger partial charge in [-0.05, 0) is 42.5 Å². The quantitative estimate of drug-likeness (QED) is 0.478. The number of rotatable bonds is 4.